The van der Waals surface area contributed by atoms with Gasteiger partial charge in [-0.2, -0.15) is 11.8 Å². The maximum absolute atomic E-state index is 12.3. The topological polar surface area (TPSA) is 40.5 Å². The lowest BCUT2D eigenvalue weighted by Crippen LogP contribution is -2.40. The zero-order chi connectivity index (χ0) is 13.0. The van der Waals surface area contributed by atoms with E-state index in [0.717, 1.165) is 28.6 Å². The van der Waals surface area contributed by atoms with Gasteiger partial charge in [-0.05, 0) is 12.1 Å². The Kier molecular flexibility index (Phi) is 4.70. The first-order valence-electron chi connectivity index (χ1n) is 5.81. The van der Waals surface area contributed by atoms with Crippen molar-refractivity contribution < 1.29 is 9.90 Å². The van der Waals surface area contributed by atoms with Crippen LogP contribution in [-0.4, -0.2) is 46.6 Å². The maximum atomic E-state index is 12.3. The summed E-state index contributed by atoms with van der Waals surface area (Å²) >= 11 is 3.30. The molecule has 18 heavy (non-hydrogen) atoms. The molecule has 1 aromatic heterocycles. The summed E-state index contributed by atoms with van der Waals surface area (Å²) in [6, 6.07) is 3.66. The van der Waals surface area contributed by atoms with Crippen molar-refractivity contribution in [2.75, 3.05) is 25.4 Å². The smallest absolute Gasteiger partial charge is 0.264 e. The first kappa shape index (κ1) is 13.5. The molecule has 2 heterocycles. The van der Waals surface area contributed by atoms with Crippen LogP contribution in [0.1, 0.15) is 21.5 Å². The number of carbonyl (C=O) groups is 1. The van der Waals surface area contributed by atoms with Crippen molar-refractivity contribution in [3.05, 3.63) is 21.9 Å². The van der Waals surface area contributed by atoms with Gasteiger partial charge in [0.05, 0.1) is 9.75 Å². The number of aliphatic hydroxyl groups is 1. The molecule has 1 aliphatic heterocycles. The van der Waals surface area contributed by atoms with Gasteiger partial charge in [0.2, 0.25) is 0 Å². The van der Waals surface area contributed by atoms with Crippen LogP contribution in [0.25, 0.3) is 0 Å². The van der Waals surface area contributed by atoms with E-state index in [4.69, 9.17) is 5.11 Å². The van der Waals surface area contributed by atoms with Gasteiger partial charge in [0.15, 0.2) is 0 Å². The van der Waals surface area contributed by atoms with Gasteiger partial charge in [-0.15, -0.1) is 11.3 Å². The minimum atomic E-state index is -0.151. The zero-order valence-electron chi connectivity index (χ0n) is 10.2. The summed E-state index contributed by atoms with van der Waals surface area (Å²) in [5.41, 5.74) is 0. The molecule has 0 spiro atoms. The van der Waals surface area contributed by atoms with E-state index >= 15 is 0 Å². The fourth-order valence-corrected chi connectivity index (χ4v) is 3.67. The lowest BCUT2D eigenvalue weighted by molar-refractivity contribution is 0.0768. The summed E-state index contributed by atoms with van der Waals surface area (Å²) in [5.74, 6) is 6.53. The zero-order valence-corrected chi connectivity index (χ0v) is 11.8. The van der Waals surface area contributed by atoms with Gasteiger partial charge in [0.25, 0.3) is 5.91 Å². The average Bonchev–Trinajstić information content (AvgIpc) is 2.84. The molecule has 0 radical (unpaired) electrons. The number of rotatable bonds is 1. The van der Waals surface area contributed by atoms with Gasteiger partial charge in [-0.1, -0.05) is 18.8 Å². The minimum Gasteiger partial charge on any atom is -0.384 e. The first-order chi connectivity index (χ1) is 8.70. The number of carbonyl (C=O) groups excluding carboxylic acids is 1. The van der Waals surface area contributed by atoms with E-state index in [1.807, 2.05) is 28.8 Å². The van der Waals surface area contributed by atoms with E-state index in [0.29, 0.717) is 5.25 Å². The predicted octanol–water partition coefficient (Wildman–Crippen LogP) is 1.67. The highest BCUT2D eigenvalue weighted by Gasteiger charge is 2.23. The number of thiophene rings is 1. The minimum absolute atomic E-state index is 0.101. The second kappa shape index (κ2) is 6.28. The van der Waals surface area contributed by atoms with Crippen LogP contribution in [0.3, 0.4) is 0 Å². The molecule has 1 atom stereocenters. The molecule has 1 unspecified atom stereocenters. The highest BCUT2D eigenvalue weighted by atomic mass is 32.2. The molecule has 1 aromatic rings. The summed E-state index contributed by atoms with van der Waals surface area (Å²) in [6.07, 6.45) is 0. The Hall–Kier alpha value is -0.960. The number of hydrogen-bond acceptors (Lipinski definition) is 4. The highest BCUT2D eigenvalue weighted by molar-refractivity contribution is 7.99. The van der Waals surface area contributed by atoms with Crippen LogP contribution in [0, 0.1) is 11.8 Å². The number of nitrogens with zero attached hydrogens (tertiary/aromatic N) is 1. The van der Waals surface area contributed by atoms with E-state index in [2.05, 4.69) is 18.8 Å². The third-order valence-corrected chi connectivity index (χ3v) is 4.76. The van der Waals surface area contributed by atoms with E-state index in [-0.39, 0.29) is 12.5 Å². The van der Waals surface area contributed by atoms with Crippen molar-refractivity contribution in [2.24, 2.45) is 0 Å². The van der Waals surface area contributed by atoms with Gasteiger partial charge in [-0.3, -0.25) is 4.79 Å². The van der Waals surface area contributed by atoms with Gasteiger partial charge >= 0.3 is 0 Å². The molecule has 1 N–H and O–H groups in total. The van der Waals surface area contributed by atoms with Gasteiger partial charge < -0.3 is 10.0 Å². The molecule has 1 aliphatic rings. The largest absolute Gasteiger partial charge is 0.384 e. The van der Waals surface area contributed by atoms with Crippen molar-refractivity contribution in [1.29, 1.82) is 0 Å². The Labute approximate surface area is 115 Å². The number of thioether (sulfide) groups is 1. The molecule has 96 valence electrons. The van der Waals surface area contributed by atoms with Gasteiger partial charge in [-0.25, -0.2) is 0 Å². The molecule has 1 amide bonds. The van der Waals surface area contributed by atoms with E-state index in [1.54, 1.807) is 0 Å². The first-order valence-corrected chi connectivity index (χ1v) is 7.67. The van der Waals surface area contributed by atoms with Crippen LogP contribution in [0.4, 0.5) is 0 Å². The van der Waals surface area contributed by atoms with Crippen LogP contribution >= 0.6 is 23.1 Å². The molecular weight excluding hydrogens is 266 g/mol. The number of amides is 1. The van der Waals surface area contributed by atoms with Crippen molar-refractivity contribution in [3.8, 4) is 11.8 Å². The molecule has 5 heteroatoms. The number of aliphatic hydroxyl groups excluding tert-OH is 1. The molecule has 3 nitrogen and oxygen atoms in total. The second-order valence-corrected chi connectivity index (χ2v) is 6.69. The van der Waals surface area contributed by atoms with Crippen LogP contribution in [0.2, 0.25) is 0 Å². The monoisotopic (exact) mass is 281 g/mol. The van der Waals surface area contributed by atoms with Crippen LogP contribution in [-0.2, 0) is 0 Å². The Bertz CT molecular complexity index is 487. The Morgan fingerprint density at radius 3 is 3.17 bits per heavy atom. The second-order valence-electron chi connectivity index (χ2n) is 4.06. The van der Waals surface area contributed by atoms with E-state index < -0.39 is 0 Å². The van der Waals surface area contributed by atoms with Crippen molar-refractivity contribution >= 4 is 29.0 Å². The van der Waals surface area contributed by atoms with E-state index in [9.17, 15) is 4.79 Å². The van der Waals surface area contributed by atoms with Crippen LogP contribution in [0.5, 0.6) is 0 Å². The lowest BCUT2D eigenvalue weighted by Gasteiger charge is -2.30. The fourth-order valence-electron chi connectivity index (χ4n) is 1.81. The SMILES string of the molecule is CC1CN(C(=O)c2ccc(C#CCO)s2)CCS1. The Morgan fingerprint density at radius 1 is 1.61 bits per heavy atom. The Balaban J connectivity index is 2.06. The highest BCUT2D eigenvalue weighted by Crippen LogP contribution is 2.22. The summed E-state index contributed by atoms with van der Waals surface area (Å²) in [5, 5.41) is 9.14. The Morgan fingerprint density at radius 2 is 2.44 bits per heavy atom. The molecule has 1 fully saturated rings. The summed E-state index contributed by atoms with van der Waals surface area (Å²) in [7, 11) is 0. The molecule has 1 saturated heterocycles. The number of hydrogen-bond donors (Lipinski definition) is 1. The van der Waals surface area contributed by atoms with Crippen LogP contribution < -0.4 is 0 Å². The predicted molar refractivity (Wildman–Crippen MR) is 76.1 cm³/mol. The van der Waals surface area contributed by atoms with Crippen molar-refractivity contribution in [3.63, 3.8) is 0 Å². The molecule has 2 rings (SSSR count). The average molecular weight is 281 g/mol. The summed E-state index contributed by atoms with van der Waals surface area (Å²) in [6.45, 7) is 3.64. The molecular formula is C13H15NO2S2. The summed E-state index contributed by atoms with van der Waals surface area (Å²) < 4.78 is 0. The normalized spacial score (nSPS) is 19.2. The van der Waals surface area contributed by atoms with Gasteiger partial charge in [0.1, 0.15) is 6.61 Å². The van der Waals surface area contributed by atoms with E-state index in [1.165, 1.54) is 11.3 Å². The third-order valence-electron chi connectivity index (χ3n) is 2.64. The molecule has 0 aromatic carbocycles. The standard InChI is InChI=1S/C13H15NO2S2/c1-10-9-14(6-8-17-10)13(16)12-5-4-11(18-12)3-2-7-15/h4-5,10,15H,6-9H2,1H3. The molecule has 0 aliphatic carbocycles. The summed E-state index contributed by atoms with van der Waals surface area (Å²) in [4.78, 5) is 15.7. The van der Waals surface area contributed by atoms with Gasteiger partial charge in [0, 0.05) is 24.1 Å². The molecule has 0 saturated carbocycles. The lowest BCUT2D eigenvalue weighted by atomic mass is 10.3. The fraction of sp³-hybridized carbons (Fsp3) is 0.462. The maximum Gasteiger partial charge on any atom is 0.264 e. The van der Waals surface area contributed by atoms with Crippen molar-refractivity contribution in [2.45, 2.75) is 12.2 Å². The quantitative estimate of drug-likeness (QED) is 0.796. The third kappa shape index (κ3) is 3.29. The van der Waals surface area contributed by atoms with Crippen molar-refractivity contribution in [1.82, 2.24) is 4.90 Å². The molecule has 0 bridgehead atoms. The van der Waals surface area contributed by atoms with Crippen LogP contribution in [0.15, 0.2) is 12.1 Å².